The van der Waals surface area contributed by atoms with Crippen molar-refractivity contribution in [3.8, 4) is 11.1 Å². The second-order valence-electron chi connectivity index (χ2n) is 4.49. The van der Waals surface area contributed by atoms with E-state index >= 15 is 0 Å². The topological polar surface area (TPSA) is 24.9 Å². The van der Waals surface area contributed by atoms with Crippen molar-refractivity contribution in [1.82, 2.24) is 10.3 Å². The third-order valence-corrected chi connectivity index (χ3v) is 3.37. The van der Waals surface area contributed by atoms with E-state index < -0.39 is 0 Å². The molecule has 2 heterocycles. The first-order valence-corrected chi connectivity index (χ1v) is 6.16. The van der Waals surface area contributed by atoms with E-state index in [0.717, 1.165) is 13.1 Å². The summed E-state index contributed by atoms with van der Waals surface area (Å²) < 4.78 is 0. The normalized spacial score (nSPS) is 19.4. The Labute approximate surface area is 102 Å². The number of aromatic nitrogens is 1. The van der Waals surface area contributed by atoms with E-state index in [2.05, 4.69) is 46.7 Å². The van der Waals surface area contributed by atoms with Gasteiger partial charge in [-0.2, -0.15) is 0 Å². The van der Waals surface area contributed by atoms with Gasteiger partial charge in [-0.15, -0.1) is 0 Å². The summed E-state index contributed by atoms with van der Waals surface area (Å²) in [5.74, 6) is 0.561. The van der Waals surface area contributed by atoms with Crippen LogP contribution < -0.4 is 5.32 Å². The quantitative estimate of drug-likeness (QED) is 0.848. The van der Waals surface area contributed by atoms with Gasteiger partial charge in [0.2, 0.25) is 0 Å². The summed E-state index contributed by atoms with van der Waals surface area (Å²) in [7, 11) is 0. The average Bonchev–Trinajstić information content (AvgIpc) is 2.94. The lowest BCUT2D eigenvalue weighted by Crippen LogP contribution is -2.09. The molecule has 0 spiro atoms. The number of hydrogen-bond acceptors (Lipinski definition) is 2. The molecular weight excluding hydrogens is 208 g/mol. The van der Waals surface area contributed by atoms with Crippen molar-refractivity contribution in [1.29, 1.82) is 0 Å². The van der Waals surface area contributed by atoms with Crippen LogP contribution in [-0.4, -0.2) is 18.1 Å². The van der Waals surface area contributed by atoms with Crippen molar-refractivity contribution in [2.75, 3.05) is 13.1 Å². The lowest BCUT2D eigenvalue weighted by Gasteiger charge is -2.13. The van der Waals surface area contributed by atoms with E-state index in [4.69, 9.17) is 0 Å². The van der Waals surface area contributed by atoms with Crippen molar-refractivity contribution < 1.29 is 0 Å². The van der Waals surface area contributed by atoms with Crippen molar-refractivity contribution in [2.24, 2.45) is 0 Å². The van der Waals surface area contributed by atoms with Crippen molar-refractivity contribution in [2.45, 2.75) is 12.3 Å². The first-order valence-electron chi connectivity index (χ1n) is 6.16. The zero-order chi connectivity index (χ0) is 11.5. The van der Waals surface area contributed by atoms with E-state index in [0.29, 0.717) is 5.92 Å². The third-order valence-electron chi connectivity index (χ3n) is 3.37. The standard InChI is InChI=1S/C15H16N2/c1-2-5-12(6-3-1)14-7-4-9-17-15(14)13-8-10-16-11-13/h1-7,9,13,16H,8,10-11H2. The average molecular weight is 224 g/mol. The van der Waals surface area contributed by atoms with Crippen molar-refractivity contribution in [3.63, 3.8) is 0 Å². The molecule has 86 valence electrons. The molecule has 17 heavy (non-hydrogen) atoms. The van der Waals surface area contributed by atoms with E-state index in [1.165, 1.54) is 23.2 Å². The SMILES string of the molecule is c1ccc(-c2cccnc2C2CCNC2)cc1. The molecule has 0 bridgehead atoms. The van der Waals surface area contributed by atoms with Crippen LogP contribution in [0.5, 0.6) is 0 Å². The van der Waals surface area contributed by atoms with E-state index in [9.17, 15) is 0 Å². The van der Waals surface area contributed by atoms with Crippen LogP contribution in [0.2, 0.25) is 0 Å². The molecule has 1 fully saturated rings. The van der Waals surface area contributed by atoms with E-state index in [1.807, 2.05) is 12.3 Å². The maximum absolute atomic E-state index is 4.60. The second-order valence-corrected chi connectivity index (χ2v) is 4.49. The molecule has 0 aliphatic carbocycles. The number of hydrogen-bond donors (Lipinski definition) is 1. The molecular formula is C15H16N2. The highest BCUT2D eigenvalue weighted by atomic mass is 14.9. The van der Waals surface area contributed by atoms with Crippen LogP contribution in [0.15, 0.2) is 48.7 Å². The minimum absolute atomic E-state index is 0.561. The second kappa shape index (κ2) is 4.68. The molecule has 1 saturated heterocycles. The maximum atomic E-state index is 4.60. The van der Waals surface area contributed by atoms with Gasteiger partial charge in [0, 0.05) is 24.2 Å². The number of nitrogens with one attached hydrogen (secondary N) is 1. The Morgan fingerprint density at radius 3 is 2.71 bits per heavy atom. The van der Waals surface area contributed by atoms with Crippen LogP contribution in [0, 0.1) is 0 Å². The number of pyridine rings is 1. The molecule has 1 aliphatic rings. The zero-order valence-corrected chi connectivity index (χ0v) is 9.76. The Bertz CT molecular complexity index is 487. The van der Waals surface area contributed by atoms with Gasteiger partial charge >= 0.3 is 0 Å². The molecule has 2 heteroatoms. The van der Waals surface area contributed by atoms with Gasteiger partial charge in [-0.1, -0.05) is 36.4 Å². The smallest absolute Gasteiger partial charge is 0.0525 e. The molecule has 1 aromatic heterocycles. The van der Waals surface area contributed by atoms with Gasteiger partial charge in [0.25, 0.3) is 0 Å². The molecule has 1 atom stereocenters. The molecule has 0 radical (unpaired) electrons. The molecule has 3 rings (SSSR count). The molecule has 1 aliphatic heterocycles. The van der Waals surface area contributed by atoms with Crippen LogP contribution in [0.25, 0.3) is 11.1 Å². The maximum Gasteiger partial charge on any atom is 0.0525 e. The molecule has 0 saturated carbocycles. The Morgan fingerprint density at radius 2 is 1.94 bits per heavy atom. The number of rotatable bonds is 2. The Morgan fingerprint density at radius 1 is 1.06 bits per heavy atom. The molecule has 2 aromatic rings. The fourth-order valence-electron chi connectivity index (χ4n) is 2.49. The summed E-state index contributed by atoms with van der Waals surface area (Å²) in [5, 5.41) is 3.41. The minimum Gasteiger partial charge on any atom is -0.316 e. The summed E-state index contributed by atoms with van der Waals surface area (Å²) in [6.07, 6.45) is 3.09. The van der Waals surface area contributed by atoms with Crippen LogP contribution in [0.4, 0.5) is 0 Å². The lowest BCUT2D eigenvalue weighted by molar-refractivity contribution is 0.737. The van der Waals surface area contributed by atoms with Crippen LogP contribution in [0.1, 0.15) is 18.0 Å². The molecule has 2 nitrogen and oxygen atoms in total. The molecule has 1 N–H and O–H groups in total. The summed E-state index contributed by atoms with van der Waals surface area (Å²) in [4.78, 5) is 4.60. The van der Waals surface area contributed by atoms with Gasteiger partial charge in [0.15, 0.2) is 0 Å². The van der Waals surface area contributed by atoms with Crippen LogP contribution in [-0.2, 0) is 0 Å². The van der Waals surface area contributed by atoms with E-state index in [1.54, 1.807) is 0 Å². The summed E-state index contributed by atoms with van der Waals surface area (Å²) in [5.41, 5.74) is 3.79. The van der Waals surface area contributed by atoms with Crippen LogP contribution >= 0.6 is 0 Å². The van der Waals surface area contributed by atoms with Gasteiger partial charge in [-0.3, -0.25) is 4.98 Å². The highest BCUT2D eigenvalue weighted by molar-refractivity contribution is 5.66. The van der Waals surface area contributed by atoms with Crippen molar-refractivity contribution >= 4 is 0 Å². The summed E-state index contributed by atoms with van der Waals surface area (Å²) in [6, 6.07) is 14.7. The predicted octanol–water partition coefficient (Wildman–Crippen LogP) is 2.83. The summed E-state index contributed by atoms with van der Waals surface area (Å²) in [6.45, 7) is 2.16. The molecule has 0 amide bonds. The largest absolute Gasteiger partial charge is 0.316 e. The Hall–Kier alpha value is -1.67. The Kier molecular flexibility index (Phi) is 2.88. The fourth-order valence-corrected chi connectivity index (χ4v) is 2.49. The number of benzene rings is 1. The Balaban J connectivity index is 2.04. The lowest BCUT2D eigenvalue weighted by atomic mass is 9.95. The van der Waals surface area contributed by atoms with Crippen LogP contribution in [0.3, 0.4) is 0 Å². The van der Waals surface area contributed by atoms with Gasteiger partial charge in [0.05, 0.1) is 5.69 Å². The van der Waals surface area contributed by atoms with Gasteiger partial charge < -0.3 is 5.32 Å². The van der Waals surface area contributed by atoms with Gasteiger partial charge in [-0.25, -0.2) is 0 Å². The third kappa shape index (κ3) is 2.08. The fraction of sp³-hybridized carbons (Fsp3) is 0.267. The first kappa shape index (κ1) is 10.5. The molecule has 1 aromatic carbocycles. The first-order chi connectivity index (χ1) is 8.45. The predicted molar refractivity (Wildman–Crippen MR) is 69.9 cm³/mol. The molecule has 1 unspecified atom stereocenters. The van der Waals surface area contributed by atoms with E-state index in [-0.39, 0.29) is 0 Å². The number of nitrogens with zero attached hydrogens (tertiary/aromatic N) is 1. The minimum atomic E-state index is 0.561. The zero-order valence-electron chi connectivity index (χ0n) is 9.76. The van der Waals surface area contributed by atoms with Gasteiger partial charge in [0.1, 0.15) is 0 Å². The monoisotopic (exact) mass is 224 g/mol. The highest BCUT2D eigenvalue weighted by Gasteiger charge is 2.20. The highest BCUT2D eigenvalue weighted by Crippen LogP contribution is 2.30. The van der Waals surface area contributed by atoms with Crippen molar-refractivity contribution in [3.05, 3.63) is 54.4 Å². The summed E-state index contributed by atoms with van der Waals surface area (Å²) >= 11 is 0. The van der Waals surface area contributed by atoms with Gasteiger partial charge in [-0.05, 0) is 24.6 Å².